The van der Waals surface area contributed by atoms with Crippen molar-refractivity contribution in [2.75, 3.05) is 5.32 Å². The highest BCUT2D eigenvalue weighted by Gasteiger charge is 2.22. The molecule has 2 aromatic rings. The average molecular weight is 338 g/mol. The topological polar surface area (TPSA) is 110 Å². The van der Waals surface area contributed by atoms with E-state index in [4.69, 9.17) is 5.73 Å². The van der Waals surface area contributed by atoms with Crippen LogP contribution in [0, 0.1) is 0 Å². The summed E-state index contributed by atoms with van der Waals surface area (Å²) in [7, 11) is 0. The van der Waals surface area contributed by atoms with Gasteiger partial charge in [0.25, 0.3) is 11.8 Å². The zero-order valence-corrected chi connectivity index (χ0v) is 13.0. The molecule has 0 aliphatic rings. The maximum absolute atomic E-state index is 12.4. The second-order valence-electron chi connectivity index (χ2n) is 5.24. The number of aromatic amines is 1. The van der Waals surface area contributed by atoms with E-state index in [2.05, 4.69) is 20.3 Å². The molecule has 2 rings (SSSR count). The molecule has 0 saturated carbocycles. The van der Waals surface area contributed by atoms with Gasteiger partial charge in [0.05, 0.1) is 11.4 Å². The van der Waals surface area contributed by atoms with Crippen molar-refractivity contribution >= 4 is 17.5 Å². The number of alkyl halides is 2. The van der Waals surface area contributed by atoms with Crippen molar-refractivity contribution in [1.82, 2.24) is 10.2 Å². The van der Waals surface area contributed by atoms with Gasteiger partial charge in [-0.2, -0.15) is 13.9 Å². The van der Waals surface area contributed by atoms with Crippen LogP contribution in [-0.4, -0.2) is 28.6 Å². The van der Waals surface area contributed by atoms with Gasteiger partial charge in [-0.3, -0.25) is 14.7 Å². The van der Waals surface area contributed by atoms with E-state index in [-0.39, 0.29) is 28.6 Å². The highest BCUT2D eigenvalue weighted by molar-refractivity contribution is 6.08. The summed E-state index contributed by atoms with van der Waals surface area (Å²) in [5, 5.41) is 9.00. The number of hydrogen-bond donors (Lipinski definition) is 3. The van der Waals surface area contributed by atoms with E-state index in [1.165, 1.54) is 24.3 Å². The Morgan fingerprint density at radius 1 is 1.33 bits per heavy atom. The molecule has 1 aromatic carbocycles. The normalized spacial score (nSPS) is 10.9. The Morgan fingerprint density at radius 3 is 2.62 bits per heavy atom. The highest BCUT2D eigenvalue weighted by Crippen LogP contribution is 2.26. The van der Waals surface area contributed by atoms with Crippen LogP contribution in [-0.2, 0) is 0 Å². The van der Waals surface area contributed by atoms with Gasteiger partial charge in [-0.05, 0) is 24.1 Å². The van der Waals surface area contributed by atoms with E-state index < -0.39 is 18.4 Å². The molecule has 0 radical (unpaired) electrons. The molecule has 2 amide bonds. The Hall–Kier alpha value is -2.97. The van der Waals surface area contributed by atoms with Crippen LogP contribution in [0.3, 0.4) is 0 Å². The molecule has 9 heteroatoms. The van der Waals surface area contributed by atoms with Gasteiger partial charge in [0.2, 0.25) is 0 Å². The fraction of sp³-hybridized carbons (Fsp3) is 0.267. The van der Waals surface area contributed by atoms with Crippen LogP contribution in [0.25, 0.3) is 0 Å². The summed E-state index contributed by atoms with van der Waals surface area (Å²) >= 11 is 0. The molecule has 0 aliphatic heterocycles. The lowest BCUT2D eigenvalue weighted by molar-refractivity contribution is -0.0498. The van der Waals surface area contributed by atoms with Crippen molar-refractivity contribution in [3.05, 3.63) is 41.2 Å². The van der Waals surface area contributed by atoms with Gasteiger partial charge in [0, 0.05) is 5.56 Å². The van der Waals surface area contributed by atoms with E-state index in [9.17, 15) is 18.4 Å². The predicted octanol–water partition coefficient (Wildman–Crippen LogP) is 2.49. The maximum atomic E-state index is 12.4. The molecule has 0 atom stereocenters. The number of rotatable bonds is 6. The quantitative estimate of drug-likeness (QED) is 0.751. The summed E-state index contributed by atoms with van der Waals surface area (Å²) in [5.41, 5.74) is 5.92. The van der Waals surface area contributed by atoms with Crippen molar-refractivity contribution in [2.24, 2.45) is 5.73 Å². The van der Waals surface area contributed by atoms with Gasteiger partial charge >= 0.3 is 6.61 Å². The van der Waals surface area contributed by atoms with Gasteiger partial charge in [-0.25, -0.2) is 0 Å². The fourth-order valence-corrected chi connectivity index (χ4v) is 2.08. The predicted molar refractivity (Wildman–Crippen MR) is 82.2 cm³/mol. The van der Waals surface area contributed by atoms with Gasteiger partial charge in [-0.15, -0.1) is 0 Å². The lowest BCUT2D eigenvalue weighted by Gasteiger charge is -2.10. The third kappa shape index (κ3) is 3.86. The maximum Gasteiger partial charge on any atom is 0.387 e. The summed E-state index contributed by atoms with van der Waals surface area (Å²) in [6.45, 7) is 0.682. The number of halogens is 2. The smallest absolute Gasteiger partial charge is 0.387 e. The van der Waals surface area contributed by atoms with Crippen LogP contribution < -0.4 is 15.8 Å². The van der Waals surface area contributed by atoms with Crippen LogP contribution in [0.5, 0.6) is 5.75 Å². The summed E-state index contributed by atoms with van der Waals surface area (Å²) in [6, 6.07) is 5.29. The zero-order chi connectivity index (χ0) is 17.9. The number of primary amides is 1. The number of nitrogens with one attached hydrogen (secondary N) is 2. The van der Waals surface area contributed by atoms with E-state index in [1.54, 1.807) is 0 Å². The van der Waals surface area contributed by atoms with Crippen LogP contribution in [0.2, 0.25) is 0 Å². The number of ether oxygens (including phenoxy) is 1. The van der Waals surface area contributed by atoms with Crippen molar-refractivity contribution < 1.29 is 23.1 Å². The molecule has 1 heterocycles. The Balaban J connectivity index is 2.30. The van der Waals surface area contributed by atoms with Crippen molar-refractivity contribution in [1.29, 1.82) is 0 Å². The lowest BCUT2D eigenvalue weighted by Crippen LogP contribution is -2.19. The average Bonchev–Trinajstić information content (AvgIpc) is 2.90. The minimum Gasteiger partial charge on any atom is -0.435 e. The van der Waals surface area contributed by atoms with Gasteiger partial charge in [-0.1, -0.05) is 19.9 Å². The summed E-state index contributed by atoms with van der Waals surface area (Å²) in [4.78, 5) is 23.8. The van der Waals surface area contributed by atoms with Crippen molar-refractivity contribution in [3.8, 4) is 5.75 Å². The molecule has 0 spiro atoms. The van der Waals surface area contributed by atoms with Crippen LogP contribution in [0.1, 0.15) is 46.3 Å². The Labute approximate surface area is 136 Å². The molecule has 7 nitrogen and oxygen atoms in total. The Kier molecular flexibility index (Phi) is 5.12. The fourth-order valence-electron chi connectivity index (χ4n) is 2.08. The molecule has 0 saturated heterocycles. The molecule has 0 aliphatic carbocycles. The second-order valence-corrected chi connectivity index (χ2v) is 5.24. The largest absolute Gasteiger partial charge is 0.435 e. The summed E-state index contributed by atoms with van der Waals surface area (Å²) in [6.07, 6.45) is 0. The zero-order valence-electron chi connectivity index (χ0n) is 13.0. The van der Waals surface area contributed by atoms with E-state index in [1.807, 2.05) is 13.8 Å². The Morgan fingerprint density at radius 2 is 2.04 bits per heavy atom. The molecule has 128 valence electrons. The van der Waals surface area contributed by atoms with E-state index in [0.717, 1.165) is 0 Å². The van der Waals surface area contributed by atoms with Crippen LogP contribution in [0.4, 0.5) is 14.5 Å². The monoisotopic (exact) mass is 338 g/mol. The van der Waals surface area contributed by atoms with Crippen molar-refractivity contribution in [2.45, 2.75) is 26.4 Å². The number of aromatic nitrogens is 2. The molecular formula is C15H16F2N4O3. The molecule has 0 bridgehead atoms. The van der Waals surface area contributed by atoms with Gasteiger partial charge in [0.15, 0.2) is 5.69 Å². The second kappa shape index (κ2) is 7.07. The molecule has 1 aromatic heterocycles. The van der Waals surface area contributed by atoms with E-state index >= 15 is 0 Å². The van der Waals surface area contributed by atoms with Gasteiger partial charge < -0.3 is 15.8 Å². The van der Waals surface area contributed by atoms with Crippen LogP contribution in [0.15, 0.2) is 24.3 Å². The number of carbonyl (C=O) groups is 2. The third-order valence-corrected chi connectivity index (χ3v) is 3.16. The van der Waals surface area contributed by atoms with E-state index in [0.29, 0.717) is 5.69 Å². The lowest BCUT2D eigenvalue weighted by atomic mass is 10.1. The number of benzene rings is 1. The minimum absolute atomic E-state index is 0.0607. The first-order chi connectivity index (χ1) is 11.3. The molecular weight excluding hydrogens is 322 g/mol. The number of carbonyl (C=O) groups excluding carboxylic acids is 2. The third-order valence-electron chi connectivity index (χ3n) is 3.16. The van der Waals surface area contributed by atoms with Crippen LogP contribution >= 0.6 is 0 Å². The molecule has 0 unspecified atom stereocenters. The Bertz CT molecular complexity index is 759. The molecule has 24 heavy (non-hydrogen) atoms. The first-order valence-corrected chi connectivity index (χ1v) is 7.04. The summed E-state index contributed by atoms with van der Waals surface area (Å²) < 4.78 is 28.8. The minimum atomic E-state index is -2.99. The standard InChI is InChI=1S/C15H16F2N4O3/c1-7(2)10-11(12(13(18)22)21-20-10)19-14(23)8-4-3-5-9(6-8)24-15(16)17/h3-7,15H,1-2H3,(H2,18,22)(H,19,23)(H,20,21). The SMILES string of the molecule is CC(C)c1[nH]nc(C(N)=O)c1NC(=O)c1cccc(OC(F)F)c1. The first kappa shape index (κ1) is 17.4. The molecule has 4 N–H and O–H groups in total. The summed E-state index contributed by atoms with van der Waals surface area (Å²) in [5.74, 6) is -1.62. The number of anilines is 1. The molecule has 0 fully saturated rings. The first-order valence-electron chi connectivity index (χ1n) is 7.04. The van der Waals surface area contributed by atoms with Crippen molar-refractivity contribution in [3.63, 3.8) is 0 Å². The highest BCUT2D eigenvalue weighted by atomic mass is 19.3. The number of hydrogen-bond acceptors (Lipinski definition) is 4. The number of nitrogens with zero attached hydrogens (tertiary/aromatic N) is 1. The van der Waals surface area contributed by atoms with Gasteiger partial charge in [0.1, 0.15) is 5.75 Å². The number of H-pyrrole nitrogens is 1. The number of amides is 2. The number of nitrogens with two attached hydrogens (primary N) is 1.